The minimum Gasteiger partial charge on any atom is -0.394 e. The van der Waals surface area contributed by atoms with Crippen LogP contribution in [0.4, 0.5) is 5.82 Å². The van der Waals surface area contributed by atoms with E-state index in [9.17, 15) is 4.79 Å². The molecule has 0 atom stereocenters. The fourth-order valence-electron chi connectivity index (χ4n) is 1.76. The van der Waals surface area contributed by atoms with Gasteiger partial charge in [0.15, 0.2) is 0 Å². The smallest absolute Gasteiger partial charge is 0.275 e. The van der Waals surface area contributed by atoms with Gasteiger partial charge in [-0.05, 0) is 26.0 Å². The Bertz CT molecular complexity index is 592. The van der Waals surface area contributed by atoms with Crippen molar-refractivity contribution in [2.24, 2.45) is 0 Å². The van der Waals surface area contributed by atoms with E-state index in [-0.39, 0.29) is 12.5 Å². The van der Waals surface area contributed by atoms with E-state index in [2.05, 4.69) is 15.4 Å². The molecule has 0 saturated carbocycles. The number of aryl methyl sites for hydroxylation is 2. The van der Waals surface area contributed by atoms with Gasteiger partial charge in [0.2, 0.25) is 0 Å². The molecule has 19 heavy (non-hydrogen) atoms. The van der Waals surface area contributed by atoms with E-state index in [1.54, 1.807) is 22.9 Å². The van der Waals surface area contributed by atoms with Gasteiger partial charge >= 0.3 is 0 Å². The number of carbonyl (C=O) groups excluding carboxylic acids is 1. The molecule has 2 heterocycles. The average molecular weight is 260 g/mol. The molecule has 0 fully saturated rings. The Balaban J connectivity index is 2.19. The molecule has 0 radical (unpaired) electrons. The number of aliphatic hydroxyl groups excluding tert-OH is 1. The molecule has 2 N–H and O–H groups in total. The predicted molar refractivity (Wildman–Crippen MR) is 71.0 cm³/mol. The summed E-state index contributed by atoms with van der Waals surface area (Å²) >= 11 is 0. The molecule has 0 aliphatic rings. The Kier molecular flexibility index (Phi) is 3.91. The number of aromatic nitrogens is 3. The van der Waals surface area contributed by atoms with Gasteiger partial charge in [-0.25, -0.2) is 9.67 Å². The Labute approximate surface area is 111 Å². The van der Waals surface area contributed by atoms with Gasteiger partial charge in [0.1, 0.15) is 11.5 Å². The Morgan fingerprint density at radius 2 is 2.16 bits per heavy atom. The van der Waals surface area contributed by atoms with Crippen molar-refractivity contribution in [3.63, 3.8) is 0 Å². The van der Waals surface area contributed by atoms with Gasteiger partial charge in [-0.1, -0.05) is 6.07 Å². The molecule has 0 bridgehead atoms. The molecular weight excluding hydrogens is 244 g/mol. The van der Waals surface area contributed by atoms with Crippen molar-refractivity contribution in [1.82, 2.24) is 14.8 Å². The van der Waals surface area contributed by atoms with Crippen LogP contribution in [0.15, 0.2) is 24.3 Å². The van der Waals surface area contributed by atoms with E-state index in [0.29, 0.717) is 18.1 Å². The SMILES string of the molecule is Cc1cccc(C(=O)Nc2cc(C)nn2CCO)n1. The fraction of sp³-hybridized carbons (Fsp3) is 0.308. The van der Waals surface area contributed by atoms with Crippen molar-refractivity contribution < 1.29 is 9.90 Å². The standard InChI is InChI=1S/C13H16N4O2/c1-9-4-3-5-11(14-9)13(19)15-12-8-10(2)16-17(12)6-7-18/h3-5,8,18H,6-7H2,1-2H3,(H,15,19). The number of hydrogen-bond donors (Lipinski definition) is 2. The number of pyridine rings is 1. The van der Waals surface area contributed by atoms with Crippen LogP contribution in [0.2, 0.25) is 0 Å². The van der Waals surface area contributed by atoms with Crippen LogP contribution in [0.1, 0.15) is 21.9 Å². The van der Waals surface area contributed by atoms with Crippen molar-refractivity contribution in [2.75, 3.05) is 11.9 Å². The Morgan fingerprint density at radius 3 is 2.84 bits per heavy atom. The Morgan fingerprint density at radius 1 is 1.37 bits per heavy atom. The van der Waals surface area contributed by atoms with Crippen molar-refractivity contribution in [3.05, 3.63) is 41.3 Å². The molecular formula is C13H16N4O2. The summed E-state index contributed by atoms with van der Waals surface area (Å²) in [5.41, 5.74) is 1.92. The van der Waals surface area contributed by atoms with E-state index in [0.717, 1.165) is 11.4 Å². The highest BCUT2D eigenvalue weighted by molar-refractivity contribution is 6.02. The van der Waals surface area contributed by atoms with Gasteiger partial charge in [0.25, 0.3) is 5.91 Å². The number of rotatable bonds is 4. The molecule has 2 rings (SSSR count). The molecule has 2 aromatic heterocycles. The zero-order valence-electron chi connectivity index (χ0n) is 10.9. The Hall–Kier alpha value is -2.21. The lowest BCUT2D eigenvalue weighted by molar-refractivity contribution is 0.102. The largest absolute Gasteiger partial charge is 0.394 e. The topological polar surface area (TPSA) is 80.0 Å². The highest BCUT2D eigenvalue weighted by Gasteiger charge is 2.11. The molecule has 0 aliphatic heterocycles. The van der Waals surface area contributed by atoms with Gasteiger partial charge in [-0.3, -0.25) is 4.79 Å². The first-order chi connectivity index (χ1) is 9.10. The second-order valence-corrected chi connectivity index (χ2v) is 4.24. The lowest BCUT2D eigenvalue weighted by Gasteiger charge is -2.07. The van der Waals surface area contributed by atoms with Gasteiger partial charge < -0.3 is 10.4 Å². The van der Waals surface area contributed by atoms with Crippen molar-refractivity contribution in [3.8, 4) is 0 Å². The first-order valence-electron chi connectivity index (χ1n) is 6.00. The number of amides is 1. The number of carbonyl (C=O) groups is 1. The number of aliphatic hydroxyl groups is 1. The monoisotopic (exact) mass is 260 g/mol. The highest BCUT2D eigenvalue weighted by Crippen LogP contribution is 2.11. The predicted octanol–water partition coefficient (Wildman–Crippen LogP) is 1.14. The number of nitrogens with one attached hydrogen (secondary N) is 1. The summed E-state index contributed by atoms with van der Waals surface area (Å²) < 4.78 is 1.56. The first kappa shape index (κ1) is 13.2. The van der Waals surface area contributed by atoms with Crippen molar-refractivity contribution >= 4 is 11.7 Å². The van der Waals surface area contributed by atoms with Crippen LogP contribution in [-0.2, 0) is 6.54 Å². The summed E-state index contributed by atoms with van der Waals surface area (Å²) in [6, 6.07) is 7.02. The first-order valence-corrected chi connectivity index (χ1v) is 6.00. The fourth-order valence-corrected chi connectivity index (χ4v) is 1.76. The van der Waals surface area contributed by atoms with Crippen molar-refractivity contribution in [2.45, 2.75) is 20.4 Å². The summed E-state index contributed by atoms with van der Waals surface area (Å²) in [5.74, 6) is 0.266. The molecule has 1 amide bonds. The second-order valence-electron chi connectivity index (χ2n) is 4.24. The van der Waals surface area contributed by atoms with Crippen LogP contribution >= 0.6 is 0 Å². The number of anilines is 1. The van der Waals surface area contributed by atoms with Crippen LogP contribution in [0.5, 0.6) is 0 Å². The lowest BCUT2D eigenvalue weighted by Crippen LogP contribution is -2.18. The second kappa shape index (κ2) is 5.62. The van der Waals surface area contributed by atoms with Crippen LogP contribution in [0.25, 0.3) is 0 Å². The third-order valence-corrected chi connectivity index (χ3v) is 2.58. The zero-order chi connectivity index (χ0) is 13.8. The summed E-state index contributed by atoms with van der Waals surface area (Å²) in [4.78, 5) is 16.2. The lowest BCUT2D eigenvalue weighted by atomic mass is 10.3. The minimum atomic E-state index is -0.289. The summed E-state index contributed by atoms with van der Waals surface area (Å²) in [7, 11) is 0. The van der Waals surface area contributed by atoms with Crippen molar-refractivity contribution in [1.29, 1.82) is 0 Å². The summed E-state index contributed by atoms with van der Waals surface area (Å²) in [6.45, 7) is 3.96. The van der Waals surface area contributed by atoms with Crippen LogP contribution in [-0.4, -0.2) is 32.4 Å². The van der Waals surface area contributed by atoms with Gasteiger partial charge in [-0.2, -0.15) is 5.10 Å². The average Bonchev–Trinajstić information content (AvgIpc) is 2.70. The van der Waals surface area contributed by atoms with Crippen LogP contribution < -0.4 is 5.32 Å². The maximum absolute atomic E-state index is 12.1. The minimum absolute atomic E-state index is 0.0350. The summed E-state index contributed by atoms with van der Waals surface area (Å²) in [5, 5.41) is 15.9. The molecule has 0 spiro atoms. The van der Waals surface area contributed by atoms with Crippen LogP contribution in [0, 0.1) is 13.8 Å². The molecule has 2 aromatic rings. The normalized spacial score (nSPS) is 10.5. The summed E-state index contributed by atoms with van der Waals surface area (Å²) in [6.07, 6.45) is 0. The molecule has 100 valence electrons. The third kappa shape index (κ3) is 3.17. The van der Waals surface area contributed by atoms with E-state index in [1.807, 2.05) is 19.9 Å². The number of hydrogen-bond acceptors (Lipinski definition) is 4. The van der Waals surface area contributed by atoms with E-state index in [4.69, 9.17) is 5.11 Å². The van der Waals surface area contributed by atoms with E-state index in [1.165, 1.54) is 0 Å². The molecule has 6 nitrogen and oxygen atoms in total. The molecule has 0 aromatic carbocycles. The van der Waals surface area contributed by atoms with E-state index >= 15 is 0 Å². The molecule has 0 aliphatic carbocycles. The molecule has 0 unspecified atom stereocenters. The zero-order valence-corrected chi connectivity index (χ0v) is 10.9. The van der Waals surface area contributed by atoms with E-state index < -0.39 is 0 Å². The van der Waals surface area contributed by atoms with Gasteiger partial charge in [0, 0.05) is 11.8 Å². The molecule has 0 saturated heterocycles. The third-order valence-electron chi connectivity index (χ3n) is 2.58. The molecule has 6 heteroatoms. The maximum atomic E-state index is 12.1. The number of nitrogens with zero attached hydrogens (tertiary/aromatic N) is 3. The quantitative estimate of drug-likeness (QED) is 0.864. The van der Waals surface area contributed by atoms with Gasteiger partial charge in [-0.15, -0.1) is 0 Å². The van der Waals surface area contributed by atoms with Crippen LogP contribution in [0.3, 0.4) is 0 Å². The van der Waals surface area contributed by atoms with Gasteiger partial charge in [0.05, 0.1) is 18.8 Å². The highest BCUT2D eigenvalue weighted by atomic mass is 16.3. The maximum Gasteiger partial charge on any atom is 0.275 e.